The molecule has 0 bridgehead atoms. The minimum Gasteiger partial charge on any atom is -0.381 e. The highest BCUT2D eigenvalue weighted by Gasteiger charge is 2.34. The molecule has 1 aromatic carbocycles. The maximum absolute atomic E-state index is 5.68. The average Bonchev–Trinajstić information content (AvgIpc) is 2.81. The van der Waals surface area contributed by atoms with E-state index >= 15 is 0 Å². The third kappa shape index (κ3) is 6.91. The molecular weight excluding hydrogens is 390 g/mol. The van der Waals surface area contributed by atoms with Gasteiger partial charge in [-0.1, -0.05) is 30.3 Å². The molecule has 3 N–H and O–H groups in total. The van der Waals surface area contributed by atoms with Gasteiger partial charge in [0.15, 0.2) is 5.96 Å². The van der Waals surface area contributed by atoms with E-state index < -0.39 is 0 Å². The number of aliphatic imine (C=N–C) groups is 1. The number of benzene rings is 1. The third-order valence-corrected chi connectivity index (χ3v) is 6.65. The Hall–Kier alpha value is -1.67. The molecule has 2 aliphatic heterocycles. The topological polar surface area (TPSA) is 70.2 Å². The van der Waals surface area contributed by atoms with Crippen LogP contribution in [0.1, 0.15) is 45.2 Å². The van der Waals surface area contributed by atoms with Gasteiger partial charge in [-0.15, -0.1) is 0 Å². The monoisotopic (exact) mass is 431 g/mol. The molecule has 31 heavy (non-hydrogen) atoms. The van der Waals surface area contributed by atoms with E-state index in [1.54, 1.807) is 0 Å². The van der Waals surface area contributed by atoms with Crippen molar-refractivity contribution >= 4 is 5.96 Å². The first-order chi connectivity index (χ1) is 14.9. The Morgan fingerprint density at radius 2 is 1.71 bits per heavy atom. The van der Waals surface area contributed by atoms with Crippen molar-refractivity contribution < 1.29 is 9.47 Å². The highest BCUT2D eigenvalue weighted by atomic mass is 16.5. The van der Waals surface area contributed by atoms with Gasteiger partial charge < -0.3 is 25.4 Å². The predicted octanol–water partition coefficient (Wildman–Crippen LogP) is 2.16. The molecule has 0 spiro atoms. The van der Waals surface area contributed by atoms with E-state index in [0.717, 1.165) is 71.4 Å². The SMILES string of the molecule is CN=C(NCC1(NC(C)c2ccccc2)CCOCC1)NCC(C)(C)N1CCOCC1. The van der Waals surface area contributed by atoms with Gasteiger partial charge in [-0.3, -0.25) is 9.89 Å². The number of morpholine rings is 1. The summed E-state index contributed by atoms with van der Waals surface area (Å²) in [6.45, 7) is 13.6. The number of ether oxygens (including phenoxy) is 2. The van der Waals surface area contributed by atoms with Gasteiger partial charge in [0.2, 0.25) is 0 Å². The standard InChI is InChI=1S/C24H41N5O2/c1-20(21-8-6-5-7-9-21)28-24(10-14-30-15-11-24)19-27-22(25-4)26-18-23(2,3)29-12-16-31-17-13-29/h5-9,20,28H,10-19H2,1-4H3,(H2,25,26,27). The minimum atomic E-state index is -0.0230. The molecule has 0 aromatic heterocycles. The molecule has 0 radical (unpaired) electrons. The Labute approximate surface area is 188 Å². The summed E-state index contributed by atoms with van der Waals surface area (Å²) in [5.41, 5.74) is 1.33. The number of guanidine groups is 1. The summed E-state index contributed by atoms with van der Waals surface area (Å²) >= 11 is 0. The van der Waals surface area contributed by atoms with Crippen molar-refractivity contribution in [1.82, 2.24) is 20.9 Å². The summed E-state index contributed by atoms with van der Waals surface area (Å²) in [5, 5.41) is 11.0. The zero-order valence-corrected chi connectivity index (χ0v) is 19.7. The predicted molar refractivity (Wildman–Crippen MR) is 127 cm³/mol. The summed E-state index contributed by atoms with van der Waals surface area (Å²) in [4.78, 5) is 6.97. The van der Waals surface area contributed by atoms with Gasteiger partial charge in [-0.25, -0.2) is 0 Å². The molecule has 0 aliphatic carbocycles. The van der Waals surface area contributed by atoms with Gasteiger partial charge in [-0.2, -0.15) is 0 Å². The van der Waals surface area contributed by atoms with Crippen molar-refractivity contribution in [2.45, 2.75) is 50.7 Å². The zero-order valence-electron chi connectivity index (χ0n) is 19.7. The molecule has 3 rings (SSSR count). The summed E-state index contributed by atoms with van der Waals surface area (Å²) < 4.78 is 11.2. The number of hydrogen-bond acceptors (Lipinski definition) is 5. The quantitative estimate of drug-likeness (QED) is 0.433. The van der Waals surface area contributed by atoms with E-state index in [0.29, 0.717) is 0 Å². The van der Waals surface area contributed by atoms with Crippen LogP contribution in [0.4, 0.5) is 0 Å². The van der Waals surface area contributed by atoms with Gasteiger partial charge >= 0.3 is 0 Å². The lowest BCUT2D eigenvalue weighted by Crippen LogP contribution is -2.60. The van der Waals surface area contributed by atoms with Crippen LogP contribution >= 0.6 is 0 Å². The van der Waals surface area contributed by atoms with Crippen LogP contribution in [-0.2, 0) is 9.47 Å². The van der Waals surface area contributed by atoms with E-state index in [1.165, 1.54) is 5.56 Å². The normalized spacial score (nSPS) is 21.5. The largest absolute Gasteiger partial charge is 0.381 e. The number of hydrogen-bond donors (Lipinski definition) is 3. The first-order valence-electron chi connectivity index (χ1n) is 11.6. The maximum Gasteiger partial charge on any atom is 0.191 e. The second-order valence-electron chi connectivity index (χ2n) is 9.36. The Bertz CT molecular complexity index is 682. The molecule has 174 valence electrons. The molecule has 0 saturated carbocycles. The van der Waals surface area contributed by atoms with Gasteiger partial charge in [0.1, 0.15) is 0 Å². The summed E-state index contributed by atoms with van der Waals surface area (Å²) in [5.74, 6) is 0.848. The van der Waals surface area contributed by atoms with Crippen molar-refractivity contribution in [2.24, 2.45) is 4.99 Å². The van der Waals surface area contributed by atoms with E-state index in [2.05, 4.69) is 76.9 Å². The highest BCUT2D eigenvalue weighted by molar-refractivity contribution is 5.79. The van der Waals surface area contributed by atoms with Gasteiger partial charge in [0.05, 0.1) is 13.2 Å². The third-order valence-electron chi connectivity index (χ3n) is 6.65. The van der Waals surface area contributed by atoms with E-state index in [9.17, 15) is 0 Å². The first-order valence-corrected chi connectivity index (χ1v) is 11.6. The Kier molecular flexibility index (Phi) is 8.72. The Morgan fingerprint density at radius 3 is 2.35 bits per heavy atom. The van der Waals surface area contributed by atoms with Crippen molar-refractivity contribution in [2.75, 3.05) is 59.7 Å². The lowest BCUT2D eigenvalue weighted by atomic mass is 9.88. The van der Waals surface area contributed by atoms with Gasteiger partial charge in [0.25, 0.3) is 0 Å². The van der Waals surface area contributed by atoms with Crippen molar-refractivity contribution in [3.05, 3.63) is 35.9 Å². The van der Waals surface area contributed by atoms with Gasteiger partial charge in [-0.05, 0) is 39.2 Å². The Morgan fingerprint density at radius 1 is 1.06 bits per heavy atom. The molecule has 2 fully saturated rings. The lowest BCUT2D eigenvalue weighted by molar-refractivity contribution is -0.00836. The van der Waals surface area contributed by atoms with Crippen LogP contribution in [0.5, 0.6) is 0 Å². The number of rotatable bonds is 8. The van der Waals surface area contributed by atoms with Crippen LogP contribution in [0, 0.1) is 0 Å². The minimum absolute atomic E-state index is 0.0230. The van der Waals surface area contributed by atoms with Crippen LogP contribution in [0.3, 0.4) is 0 Å². The first kappa shape index (κ1) is 24.0. The molecule has 2 aliphatic rings. The second-order valence-corrected chi connectivity index (χ2v) is 9.36. The number of nitrogens with one attached hydrogen (secondary N) is 3. The fraction of sp³-hybridized carbons (Fsp3) is 0.708. The van der Waals surface area contributed by atoms with Crippen LogP contribution in [0.25, 0.3) is 0 Å². The van der Waals surface area contributed by atoms with E-state index in [4.69, 9.17) is 9.47 Å². The van der Waals surface area contributed by atoms with Crippen LogP contribution in [0.15, 0.2) is 35.3 Å². The molecular formula is C24H41N5O2. The molecule has 1 unspecified atom stereocenters. The van der Waals surface area contributed by atoms with Crippen LogP contribution in [0.2, 0.25) is 0 Å². The van der Waals surface area contributed by atoms with Gasteiger partial charge in [0, 0.05) is 63.6 Å². The Balaban J connectivity index is 1.56. The molecule has 1 atom stereocenters. The molecule has 2 saturated heterocycles. The summed E-state index contributed by atoms with van der Waals surface area (Å²) in [7, 11) is 1.84. The van der Waals surface area contributed by atoms with Crippen LogP contribution < -0.4 is 16.0 Å². The lowest BCUT2D eigenvalue weighted by Gasteiger charge is -2.42. The van der Waals surface area contributed by atoms with Crippen molar-refractivity contribution in [3.8, 4) is 0 Å². The van der Waals surface area contributed by atoms with Crippen molar-refractivity contribution in [3.63, 3.8) is 0 Å². The molecule has 1 aromatic rings. The van der Waals surface area contributed by atoms with Crippen molar-refractivity contribution in [1.29, 1.82) is 0 Å². The number of nitrogens with zero attached hydrogens (tertiary/aromatic N) is 2. The van der Waals surface area contributed by atoms with E-state index in [1.807, 2.05) is 7.05 Å². The summed E-state index contributed by atoms with van der Waals surface area (Å²) in [6.07, 6.45) is 1.96. The second kappa shape index (κ2) is 11.3. The van der Waals surface area contributed by atoms with E-state index in [-0.39, 0.29) is 17.1 Å². The molecule has 2 heterocycles. The fourth-order valence-corrected chi connectivity index (χ4v) is 4.47. The fourth-order valence-electron chi connectivity index (χ4n) is 4.47. The molecule has 7 heteroatoms. The summed E-state index contributed by atoms with van der Waals surface area (Å²) in [6, 6.07) is 10.9. The molecule has 7 nitrogen and oxygen atoms in total. The zero-order chi connectivity index (χ0) is 22.2. The average molecular weight is 432 g/mol. The smallest absolute Gasteiger partial charge is 0.191 e. The maximum atomic E-state index is 5.68. The molecule has 0 amide bonds. The van der Waals surface area contributed by atoms with Crippen LogP contribution in [-0.4, -0.2) is 81.6 Å². The highest BCUT2D eigenvalue weighted by Crippen LogP contribution is 2.25.